The molecule has 162 valence electrons. The smallest absolute Gasteiger partial charge is 0.269 e. The van der Waals surface area contributed by atoms with E-state index in [1.54, 1.807) is 0 Å². The highest BCUT2D eigenvalue weighted by molar-refractivity contribution is 6.39. The second-order valence-corrected chi connectivity index (χ2v) is 8.10. The Kier molecular flexibility index (Phi) is 7.60. The maximum atomic E-state index is 12.9. The van der Waals surface area contributed by atoms with Gasteiger partial charge in [-0.15, -0.1) is 0 Å². The zero-order valence-corrected chi connectivity index (χ0v) is 18.2. The molecule has 0 spiro atoms. The maximum absolute atomic E-state index is 12.9. The SMILES string of the molecule is CC(=O)C(Cc1c[nH]c2ccccc12)NC(=O)C(CC(C)C)=NOCc1ccccc1. The number of amides is 1. The number of Topliss-reactive ketones (excluding diaryl/α,β-unsaturated/α-hetero) is 1. The van der Waals surface area contributed by atoms with Crippen LogP contribution in [0.25, 0.3) is 10.9 Å². The number of hydrogen-bond donors (Lipinski definition) is 2. The highest BCUT2D eigenvalue weighted by Gasteiger charge is 2.23. The van der Waals surface area contributed by atoms with E-state index < -0.39 is 6.04 Å². The predicted molar refractivity (Wildman–Crippen MR) is 123 cm³/mol. The first-order valence-electron chi connectivity index (χ1n) is 10.5. The Labute approximate surface area is 182 Å². The van der Waals surface area contributed by atoms with Crippen molar-refractivity contribution in [1.82, 2.24) is 10.3 Å². The van der Waals surface area contributed by atoms with Crippen LogP contribution in [-0.4, -0.2) is 28.4 Å². The highest BCUT2D eigenvalue weighted by Crippen LogP contribution is 2.19. The van der Waals surface area contributed by atoms with Crippen molar-refractivity contribution in [2.45, 2.75) is 46.3 Å². The largest absolute Gasteiger partial charge is 0.391 e. The van der Waals surface area contributed by atoms with E-state index in [2.05, 4.69) is 15.5 Å². The van der Waals surface area contributed by atoms with Crippen LogP contribution in [0, 0.1) is 5.92 Å². The lowest BCUT2D eigenvalue weighted by atomic mass is 10.0. The van der Waals surface area contributed by atoms with Crippen LogP contribution in [0.3, 0.4) is 0 Å². The van der Waals surface area contributed by atoms with Crippen LogP contribution in [-0.2, 0) is 27.5 Å². The van der Waals surface area contributed by atoms with E-state index in [1.165, 1.54) is 6.92 Å². The number of aromatic nitrogens is 1. The average molecular weight is 420 g/mol. The van der Waals surface area contributed by atoms with E-state index in [-0.39, 0.29) is 29.9 Å². The van der Waals surface area contributed by atoms with Crippen LogP contribution in [0.15, 0.2) is 65.9 Å². The van der Waals surface area contributed by atoms with E-state index in [0.717, 1.165) is 22.0 Å². The monoisotopic (exact) mass is 419 g/mol. The van der Waals surface area contributed by atoms with Crippen LogP contribution >= 0.6 is 0 Å². The Morgan fingerprint density at radius 1 is 1.06 bits per heavy atom. The van der Waals surface area contributed by atoms with E-state index in [0.29, 0.717) is 12.8 Å². The minimum atomic E-state index is -0.641. The summed E-state index contributed by atoms with van der Waals surface area (Å²) in [6, 6.07) is 16.9. The third kappa shape index (κ3) is 6.28. The van der Waals surface area contributed by atoms with Crippen LogP contribution < -0.4 is 5.32 Å². The minimum absolute atomic E-state index is 0.104. The first kappa shape index (κ1) is 22.3. The van der Waals surface area contributed by atoms with Gasteiger partial charge < -0.3 is 15.1 Å². The number of carbonyl (C=O) groups is 2. The van der Waals surface area contributed by atoms with Gasteiger partial charge in [0.05, 0.1) is 6.04 Å². The highest BCUT2D eigenvalue weighted by atomic mass is 16.6. The van der Waals surface area contributed by atoms with Gasteiger partial charge in [-0.05, 0) is 30.0 Å². The van der Waals surface area contributed by atoms with Crippen LogP contribution in [0.4, 0.5) is 0 Å². The van der Waals surface area contributed by atoms with Crippen LogP contribution in [0.2, 0.25) is 0 Å². The van der Waals surface area contributed by atoms with E-state index in [4.69, 9.17) is 4.84 Å². The van der Waals surface area contributed by atoms with Crippen molar-refractivity contribution in [3.8, 4) is 0 Å². The molecule has 1 atom stereocenters. The second-order valence-electron chi connectivity index (χ2n) is 8.10. The van der Waals surface area contributed by atoms with Gasteiger partial charge in [-0.1, -0.05) is 67.5 Å². The van der Waals surface area contributed by atoms with Gasteiger partial charge in [0.15, 0.2) is 5.78 Å². The summed E-state index contributed by atoms with van der Waals surface area (Å²) < 4.78 is 0. The minimum Gasteiger partial charge on any atom is -0.391 e. The van der Waals surface area contributed by atoms with Crippen molar-refractivity contribution in [2.24, 2.45) is 11.1 Å². The number of aromatic amines is 1. The Balaban J connectivity index is 1.71. The van der Waals surface area contributed by atoms with E-state index in [1.807, 2.05) is 74.6 Å². The predicted octanol–water partition coefficient (Wildman–Crippen LogP) is 4.40. The number of nitrogens with zero attached hydrogens (tertiary/aromatic N) is 1. The molecule has 2 aromatic carbocycles. The summed E-state index contributed by atoms with van der Waals surface area (Å²) in [6.07, 6.45) is 2.75. The van der Waals surface area contributed by atoms with E-state index >= 15 is 0 Å². The summed E-state index contributed by atoms with van der Waals surface area (Å²) in [5.74, 6) is -0.260. The molecule has 0 aliphatic heterocycles. The summed E-state index contributed by atoms with van der Waals surface area (Å²) in [5.41, 5.74) is 3.24. The van der Waals surface area contributed by atoms with Crippen LogP contribution in [0.5, 0.6) is 0 Å². The molecule has 0 saturated heterocycles. The molecular formula is C25H29N3O3. The lowest BCUT2D eigenvalue weighted by Crippen LogP contribution is -2.44. The molecule has 3 aromatic rings. The van der Waals surface area contributed by atoms with Gasteiger partial charge in [0, 0.05) is 29.9 Å². The van der Waals surface area contributed by atoms with Crippen molar-refractivity contribution >= 4 is 28.3 Å². The molecule has 2 N–H and O–H groups in total. The summed E-state index contributed by atoms with van der Waals surface area (Å²) in [7, 11) is 0. The molecule has 6 nitrogen and oxygen atoms in total. The molecule has 1 aromatic heterocycles. The molecular weight excluding hydrogens is 390 g/mol. The van der Waals surface area contributed by atoms with Gasteiger partial charge >= 0.3 is 0 Å². The number of ketones is 1. The summed E-state index contributed by atoms with van der Waals surface area (Å²) in [4.78, 5) is 33.9. The molecule has 1 heterocycles. The first-order chi connectivity index (χ1) is 14.9. The number of benzene rings is 2. The number of H-pyrrole nitrogens is 1. The van der Waals surface area contributed by atoms with Crippen molar-refractivity contribution < 1.29 is 14.4 Å². The fraction of sp³-hybridized carbons (Fsp3) is 0.320. The fourth-order valence-electron chi connectivity index (χ4n) is 3.38. The van der Waals surface area contributed by atoms with Crippen molar-refractivity contribution in [3.63, 3.8) is 0 Å². The van der Waals surface area contributed by atoms with Gasteiger partial charge in [-0.2, -0.15) is 0 Å². The number of nitrogens with one attached hydrogen (secondary N) is 2. The molecule has 1 unspecified atom stereocenters. The Morgan fingerprint density at radius 3 is 2.48 bits per heavy atom. The summed E-state index contributed by atoms with van der Waals surface area (Å²) in [5, 5.41) is 8.01. The second kappa shape index (κ2) is 10.6. The number of rotatable bonds is 10. The molecule has 3 rings (SSSR count). The normalized spacial score (nSPS) is 12.7. The topological polar surface area (TPSA) is 83.5 Å². The van der Waals surface area contributed by atoms with E-state index in [9.17, 15) is 9.59 Å². The number of fused-ring (bicyclic) bond motifs is 1. The van der Waals surface area contributed by atoms with Gasteiger partial charge in [-0.3, -0.25) is 9.59 Å². The lowest BCUT2D eigenvalue weighted by molar-refractivity contribution is -0.123. The Morgan fingerprint density at radius 2 is 1.77 bits per heavy atom. The Bertz CT molecular complexity index is 1050. The molecule has 6 heteroatoms. The molecule has 0 aliphatic rings. The van der Waals surface area contributed by atoms with Crippen LogP contribution in [0.1, 0.15) is 38.3 Å². The maximum Gasteiger partial charge on any atom is 0.269 e. The van der Waals surface area contributed by atoms with Gasteiger partial charge in [0.1, 0.15) is 12.3 Å². The number of hydrogen-bond acceptors (Lipinski definition) is 4. The molecule has 0 bridgehead atoms. The van der Waals surface area contributed by atoms with Gasteiger partial charge in [0.25, 0.3) is 5.91 Å². The third-order valence-corrected chi connectivity index (χ3v) is 5.01. The number of oxime groups is 1. The zero-order valence-electron chi connectivity index (χ0n) is 18.2. The molecule has 31 heavy (non-hydrogen) atoms. The quantitative estimate of drug-likeness (QED) is 0.377. The number of para-hydroxylation sites is 1. The molecule has 0 aliphatic carbocycles. The van der Waals surface area contributed by atoms with Crippen molar-refractivity contribution in [1.29, 1.82) is 0 Å². The summed E-state index contributed by atoms with van der Waals surface area (Å²) in [6.45, 7) is 5.79. The van der Waals surface area contributed by atoms with Gasteiger partial charge in [-0.25, -0.2) is 0 Å². The third-order valence-electron chi connectivity index (χ3n) is 5.01. The molecule has 0 saturated carbocycles. The standard InChI is InChI=1S/C25H29N3O3/c1-17(2)13-24(28-31-16-19-9-5-4-6-10-19)25(30)27-23(18(3)29)14-20-15-26-22-12-8-7-11-21(20)22/h4-12,15,17,23,26H,13-14,16H2,1-3H3,(H,27,30). The van der Waals surface area contributed by atoms with Crippen molar-refractivity contribution in [3.05, 3.63) is 71.9 Å². The number of carbonyl (C=O) groups excluding carboxylic acids is 2. The Hall–Kier alpha value is -3.41. The van der Waals surface area contributed by atoms with Crippen molar-refractivity contribution in [2.75, 3.05) is 0 Å². The average Bonchev–Trinajstić information content (AvgIpc) is 3.16. The zero-order chi connectivity index (χ0) is 22.2. The molecule has 0 radical (unpaired) electrons. The molecule has 0 fully saturated rings. The fourth-order valence-corrected chi connectivity index (χ4v) is 3.38. The molecule has 1 amide bonds. The lowest BCUT2D eigenvalue weighted by Gasteiger charge is -2.17. The summed E-state index contributed by atoms with van der Waals surface area (Å²) >= 11 is 0. The van der Waals surface area contributed by atoms with Gasteiger partial charge in [0.2, 0.25) is 0 Å². The first-order valence-corrected chi connectivity index (χ1v) is 10.5.